The summed E-state index contributed by atoms with van der Waals surface area (Å²) in [6, 6.07) is 44.3. The SMILES string of the molecule is [2H]c1c([2H])c([2H])c(-c2cc(-c3cc(C(C)(C)C)cc(C(C)(C)C)c3)c(-[n+]3[c-]n(-c4cccc(Oc5ccc6c7ccccc7n(-c7cc(C(C)(C)C)ccn7)c6c5)c4)c4cc(-c5c(C([2H])([2H])[2H])cccc5C([2H])([2H])[2H])ccc43)c(C(C)(C)C)c2)c([2H])c1[2H]. The molecule has 77 heavy (non-hydrogen) atoms. The van der Waals surface area contributed by atoms with Gasteiger partial charge in [0, 0.05) is 31.3 Å². The number of aryl methyl sites for hydroxylation is 2. The Bertz CT molecular complexity index is 4520. The first-order valence-electron chi connectivity index (χ1n) is 31.9. The van der Waals surface area contributed by atoms with Crippen molar-refractivity contribution in [1.82, 2.24) is 14.1 Å². The average Bonchev–Trinajstić information content (AvgIpc) is 1.51. The number of benzene rings is 8. The van der Waals surface area contributed by atoms with Gasteiger partial charge in [0.05, 0.1) is 40.3 Å². The Morgan fingerprint density at radius 2 is 1.19 bits per heavy atom. The lowest BCUT2D eigenvalue weighted by Crippen LogP contribution is -2.35. The monoisotopic (exact) mass is 1020 g/mol. The van der Waals surface area contributed by atoms with Crippen LogP contribution < -0.4 is 9.30 Å². The summed E-state index contributed by atoms with van der Waals surface area (Å²) in [5.41, 5.74) is 9.23. The molecule has 0 N–H and O–H groups in total. The van der Waals surface area contributed by atoms with Crippen molar-refractivity contribution in [1.29, 1.82) is 0 Å². The highest BCUT2D eigenvalue weighted by Crippen LogP contribution is 2.43. The average molecular weight is 1020 g/mol. The van der Waals surface area contributed by atoms with Gasteiger partial charge < -0.3 is 4.74 Å². The predicted octanol–water partition coefficient (Wildman–Crippen LogP) is 18.8. The second-order valence-corrected chi connectivity index (χ2v) is 24.5. The van der Waals surface area contributed by atoms with Crippen molar-refractivity contribution in [2.24, 2.45) is 0 Å². The second-order valence-electron chi connectivity index (χ2n) is 24.5. The van der Waals surface area contributed by atoms with Crippen molar-refractivity contribution in [2.75, 3.05) is 0 Å². The lowest BCUT2D eigenvalue weighted by molar-refractivity contribution is -0.572. The van der Waals surface area contributed by atoms with E-state index in [0.29, 0.717) is 50.6 Å². The van der Waals surface area contributed by atoms with Gasteiger partial charge in [-0.05, 0) is 163 Å². The molecule has 0 atom stereocenters. The molecular weight excluding hydrogens is 937 g/mol. The fourth-order valence-electron chi connectivity index (χ4n) is 10.4. The molecule has 3 aromatic heterocycles. The minimum Gasteiger partial charge on any atom is -0.458 e. The lowest BCUT2D eigenvalue weighted by atomic mass is 9.77. The summed E-state index contributed by atoms with van der Waals surface area (Å²) in [6.45, 7) is 20.4. The number of pyridine rings is 1. The van der Waals surface area contributed by atoms with Gasteiger partial charge in [0.15, 0.2) is 0 Å². The van der Waals surface area contributed by atoms with Crippen molar-refractivity contribution in [3.05, 3.63) is 222 Å². The largest absolute Gasteiger partial charge is 0.458 e. The predicted molar refractivity (Wildman–Crippen MR) is 323 cm³/mol. The number of hydrogen-bond acceptors (Lipinski definition) is 2. The van der Waals surface area contributed by atoms with Crippen molar-refractivity contribution in [3.63, 3.8) is 0 Å². The molecule has 3 heterocycles. The van der Waals surface area contributed by atoms with Crippen LogP contribution >= 0.6 is 0 Å². The van der Waals surface area contributed by atoms with Crippen LogP contribution in [0.15, 0.2) is 182 Å². The van der Waals surface area contributed by atoms with Crippen molar-refractivity contribution >= 4 is 32.8 Å². The van der Waals surface area contributed by atoms with Crippen LogP contribution in [0, 0.1) is 20.0 Å². The zero-order valence-corrected chi connectivity index (χ0v) is 46.1. The zero-order chi connectivity index (χ0) is 63.7. The summed E-state index contributed by atoms with van der Waals surface area (Å²) in [7, 11) is 0. The number of imidazole rings is 1. The second kappa shape index (κ2) is 18.9. The quantitative estimate of drug-likeness (QED) is 0.112. The van der Waals surface area contributed by atoms with E-state index in [1.165, 1.54) is 18.2 Å². The summed E-state index contributed by atoms with van der Waals surface area (Å²) in [5, 5.41) is 2.10. The molecule has 0 radical (unpaired) electrons. The summed E-state index contributed by atoms with van der Waals surface area (Å²) >= 11 is 0. The highest BCUT2D eigenvalue weighted by molar-refractivity contribution is 6.09. The van der Waals surface area contributed by atoms with Gasteiger partial charge in [0.2, 0.25) is 0 Å². The standard InChI is InChI=1S/C72H72N4O/c1-46-22-20-23-47(2)67(46)49-30-33-63-65(40-49)74(55-26-21-27-56(43-55)77-57-31-32-59-58-28-18-19-29-62(58)76(64(59)44-57)66-42-52(34-35-73-66)69(3,4)5)45-75(63)68-60(51-36-53(70(6,7)8)41-54(37-51)71(9,10)11)38-50(39-61(68)72(12,13)14)48-24-16-15-17-25-48/h15-44H,1-14H3/i1D3,2D3,15D,16D,17D,24D,25D. The van der Waals surface area contributed by atoms with Crippen LogP contribution in [0.3, 0.4) is 0 Å². The maximum atomic E-state index is 9.27. The van der Waals surface area contributed by atoms with Crippen molar-refractivity contribution in [2.45, 2.75) is 118 Å². The number of para-hydroxylation sites is 1. The number of rotatable bonds is 8. The van der Waals surface area contributed by atoms with Gasteiger partial charge in [-0.15, -0.1) is 0 Å². The molecule has 0 saturated heterocycles. The number of fused-ring (bicyclic) bond motifs is 4. The first kappa shape index (κ1) is 39.4. The summed E-state index contributed by atoms with van der Waals surface area (Å²) in [6.07, 6.45) is 5.62. The molecular formula is C72H72N4O. The minimum absolute atomic E-state index is 0.0650. The van der Waals surface area contributed by atoms with Crippen molar-refractivity contribution < 1.29 is 24.4 Å². The van der Waals surface area contributed by atoms with E-state index in [1.807, 2.05) is 88.1 Å². The molecule has 0 bridgehead atoms. The summed E-state index contributed by atoms with van der Waals surface area (Å²) < 4.78 is 110. The van der Waals surface area contributed by atoms with E-state index < -0.39 is 37.2 Å². The summed E-state index contributed by atoms with van der Waals surface area (Å²) in [5.74, 6) is 1.85. The third kappa shape index (κ3) is 9.67. The summed E-state index contributed by atoms with van der Waals surface area (Å²) in [4.78, 5) is 4.89. The molecule has 0 aliphatic heterocycles. The van der Waals surface area contributed by atoms with Crippen LogP contribution in [0.5, 0.6) is 11.5 Å². The Kier molecular flexibility index (Phi) is 9.67. The Labute approximate surface area is 472 Å². The van der Waals surface area contributed by atoms with Crippen LogP contribution in [0.1, 0.15) is 132 Å². The first-order chi connectivity index (χ1) is 41.0. The number of nitrogens with zero attached hydrogens (tertiary/aromatic N) is 4. The molecule has 5 nitrogen and oxygen atoms in total. The number of hydrogen-bond donors (Lipinski definition) is 0. The Morgan fingerprint density at radius 1 is 0.519 bits per heavy atom. The number of ether oxygens (including phenoxy) is 1. The third-order valence-electron chi connectivity index (χ3n) is 14.7. The normalized spacial score (nSPS) is 14.9. The van der Waals surface area contributed by atoms with Crippen LogP contribution in [-0.4, -0.2) is 14.1 Å². The molecule has 0 spiro atoms. The van der Waals surface area contributed by atoms with E-state index in [-0.39, 0.29) is 50.6 Å². The molecule has 0 amide bonds. The molecule has 8 aromatic carbocycles. The Hall–Kier alpha value is -8.02. The molecule has 0 aliphatic carbocycles. The van der Waals surface area contributed by atoms with Gasteiger partial charge in [-0.25, -0.2) is 4.98 Å². The minimum atomic E-state index is -2.68. The van der Waals surface area contributed by atoms with E-state index in [4.69, 9.17) is 22.1 Å². The molecule has 11 rings (SSSR count). The molecule has 5 heteroatoms. The molecule has 0 aliphatic rings. The molecule has 386 valence electrons. The van der Waals surface area contributed by atoms with Gasteiger partial charge in [-0.2, -0.15) is 0 Å². The van der Waals surface area contributed by atoms with E-state index in [9.17, 15) is 2.74 Å². The molecule has 11 aromatic rings. The number of aromatic nitrogens is 4. The molecule has 0 saturated carbocycles. The van der Waals surface area contributed by atoms with E-state index in [1.54, 1.807) is 6.07 Å². The molecule has 0 fully saturated rings. The highest BCUT2D eigenvalue weighted by atomic mass is 16.5. The smallest absolute Gasteiger partial charge is 0.269 e. The highest BCUT2D eigenvalue weighted by Gasteiger charge is 2.29. The Balaban J connectivity index is 1.20. The molecule has 0 unspecified atom stereocenters. The van der Waals surface area contributed by atoms with E-state index >= 15 is 0 Å². The van der Waals surface area contributed by atoms with Crippen LogP contribution in [-0.2, 0) is 21.7 Å². The first-order valence-corrected chi connectivity index (χ1v) is 26.4. The lowest BCUT2D eigenvalue weighted by Gasteiger charge is -2.30. The van der Waals surface area contributed by atoms with E-state index in [2.05, 4.69) is 143 Å². The maximum absolute atomic E-state index is 9.27. The van der Waals surface area contributed by atoms with Gasteiger partial charge in [-0.1, -0.05) is 192 Å². The van der Waals surface area contributed by atoms with Gasteiger partial charge in [0.1, 0.15) is 17.3 Å². The van der Waals surface area contributed by atoms with Gasteiger partial charge in [-0.3, -0.25) is 13.7 Å². The topological polar surface area (TPSA) is 35.9 Å². The van der Waals surface area contributed by atoms with Gasteiger partial charge >= 0.3 is 0 Å². The van der Waals surface area contributed by atoms with Crippen LogP contribution in [0.4, 0.5) is 0 Å². The zero-order valence-electron chi connectivity index (χ0n) is 57.1. The Morgan fingerprint density at radius 3 is 1.88 bits per heavy atom. The fourth-order valence-corrected chi connectivity index (χ4v) is 10.4. The fraction of sp³-hybridized carbons (Fsp3) is 0.250. The van der Waals surface area contributed by atoms with E-state index in [0.717, 1.165) is 55.4 Å². The van der Waals surface area contributed by atoms with Gasteiger partial charge in [0.25, 0.3) is 6.33 Å². The van der Waals surface area contributed by atoms with Crippen LogP contribution in [0.2, 0.25) is 0 Å². The van der Waals surface area contributed by atoms with Crippen LogP contribution in [0.25, 0.3) is 83.4 Å². The third-order valence-corrected chi connectivity index (χ3v) is 14.7. The van der Waals surface area contributed by atoms with Crippen molar-refractivity contribution in [3.8, 4) is 62.1 Å². The maximum Gasteiger partial charge on any atom is 0.269 e.